The lowest BCUT2D eigenvalue weighted by molar-refractivity contribution is -0.127. The van der Waals surface area contributed by atoms with Gasteiger partial charge in [-0.1, -0.05) is 48.0 Å². The minimum Gasteiger partial charge on any atom is -0.352 e. The molecule has 0 spiro atoms. The molecule has 0 saturated carbocycles. The molecule has 0 aromatic heterocycles. The first-order chi connectivity index (χ1) is 11.2. The van der Waals surface area contributed by atoms with E-state index in [2.05, 4.69) is 10.6 Å². The zero-order chi connectivity index (χ0) is 16.2. The molecule has 2 aromatic carbocycles. The average molecular weight is 330 g/mol. The third kappa shape index (κ3) is 3.29. The fraction of sp³-hybridized carbons (Fsp3) is 0.176. The van der Waals surface area contributed by atoms with Crippen molar-refractivity contribution in [3.05, 3.63) is 65.2 Å². The quantitative estimate of drug-likeness (QED) is 0.889. The molecule has 1 aliphatic heterocycles. The Kier molecular flexibility index (Phi) is 4.48. The summed E-state index contributed by atoms with van der Waals surface area (Å²) < 4.78 is 0. The fourth-order valence-electron chi connectivity index (χ4n) is 2.61. The van der Waals surface area contributed by atoms with Crippen molar-refractivity contribution in [3.8, 4) is 0 Å². The van der Waals surface area contributed by atoms with Crippen LogP contribution in [-0.2, 0) is 4.79 Å². The van der Waals surface area contributed by atoms with Crippen molar-refractivity contribution in [1.82, 2.24) is 10.2 Å². The van der Waals surface area contributed by atoms with Crippen molar-refractivity contribution >= 4 is 29.2 Å². The van der Waals surface area contributed by atoms with Gasteiger partial charge >= 0.3 is 6.03 Å². The van der Waals surface area contributed by atoms with Gasteiger partial charge in [0.1, 0.15) is 6.04 Å². The lowest BCUT2D eigenvalue weighted by Crippen LogP contribution is -2.53. The lowest BCUT2D eigenvalue weighted by Gasteiger charge is -2.35. The van der Waals surface area contributed by atoms with E-state index in [4.69, 9.17) is 11.6 Å². The molecule has 1 heterocycles. The monoisotopic (exact) mass is 329 g/mol. The first-order valence-corrected chi connectivity index (χ1v) is 7.69. The Morgan fingerprint density at radius 1 is 1.13 bits per heavy atom. The second-order valence-corrected chi connectivity index (χ2v) is 5.61. The number of urea groups is 1. The molecule has 0 aliphatic carbocycles. The van der Waals surface area contributed by atoms with E-state index in [0.717, 1.165) is 0 Å². The maximum absolute atomic E-state index is 12.6. The van der Waals surface area contributed by atoms with Crippen LogP contribution in [0.3, 0.4) is 0 Å². The highest BCUT2D eigenvalue weighted by atomic mass is 35.5. The molecule has 1 saturated heterocycles. The van der Waals surface area contributed by atoms with Gasteiger partial charge in [-0.15, -0.1) is 0 Å². The predicted molar refractivity (Wildman–Crippen MR) is 89.4 cm³/mol. The SMILES string of the molecule is O=C1NCCN(C(=O)Nc2ccccc2)C1c1ccccc1Cl. The van der Waals surface area contributed by atoms with E-state index in [1.54, 1.807) is 36.4 Å². The van der Waals surface area contributed by atoms with Crippen LogP contribution in [0.5, 0.6) is 0 Å². The molecule has 23 heavy (non-hydrogen) atoms. The molecular formula is C17H16ClN3O2. The number of benzene rings is 2. The molecule has 6 heteroatoms. The van der Waals surface area contributed by atoms with E-state index in [0.29, 0.717) is 29.4 Å². The highest BCUT2D eigenvalue weighted by Gasteiger charge is 2.35. The second-order valence-electron chi connectivity index (χ2n) is 5.20. The second kappa shape index (κ2) is 6.71. The molecule has 2 aromatic rings. The summed E-state index contributed by atoms with van der Waals surface area (Å²) in [6, 6.07) is 15.2. The van der Waals surface area contributed by atoms with Crippen LogP contribution in [0.1, 0.15) is 11.6 Å². The molecular weight excluding hydrogens is 314 g/mol. The van der Waals surface area contributed by atoms with Crippen LogP contribution < -0.4 is 10.6 Å². The summed E-state index contributed by atoms with van der Waals surface area (Å²) in [6.07, 6.45) is 0. The van der Waals surface area contributed by atoms with Gasteiger partial charge in [-0.3, -0.25) is 4.79 Å². The van der Waals surface area contributed by atoms with Gasteiger partial charge < -0.3 is 15.5 Å². The van der Waals surface area contributed by atoms with Gasteiger partial charge in [0.2, 0.25) is 5.91 Å². The highest BCUT2D eigenvalue weighted by Crippen LogP contribution is 2.29. The first kappa shape index (κ1) is 15.4. The van der Waals surface area contributed by atoms with Gasteiger partial charge in [0.25, 0.3) is 0 Å². The Balaban J connectivity index is 1.88. The number of amides is 3. The predicted octanol–water partition coefficient (Wildman–Crippen LogP) is 3.05. The lowest BCUT2D eigenvalue weighted by atomic mass is 10.0. The summed E-state index contributed by atoms with van der Waals surface area (Å²) >= 11 is 6.21. The standard InChI is InChI=1S/C17H16ClN3O2/c18-14-9-5-4-8-13(14)15-16(22)19-10-11-21(15)17(23)20-12-6-2-1-3-7-12/h1-9,15H,10-11H2,(H,19,22)(H,20,23). The minimum atomic E-state index is -0.735. The van der Waals surface area contributed by atoms with Crippen LogP contribution in [0.15, 0.2) is 54.6 Å². The van der Waals surface area contributed by atoms with Crippen LogP contribution >= 0.6 is 11.6 Å². The van der Waals surface area contributed by atoms with E-state index in [9.17, 15) is 9.59 Å². The van der Waals surface area contributed by atoms with Crippen molar-refractivity contribution in [2.24, 2.45) is 0 Å². The van der Waals surface area contributed by atoms with Crippen LogP contribution in [0.4, 0.5) is 10.5 Å². The van der Waals surface area contributed by atoms with Gasteiger partial charge in [0.05, 0.1) is 0 Å². The van der Waals surface area contributed by atoms with Gasteiger partial charge in [0, 0.05) is 29.4 Å². The largest absolute Gasteiger partial charge is 0.352 e. The Bertz CT molecular complexity index is 721. The molecule has 5 nitrogen and oxygen atoms in total. The number of rotatable bonds is 2. The number of hydrogen-bond acceptors (Lipinski definition) is 2. The summed E-state index contributed by atoms with van der Waals surface area (Å²) in [5.41, 5.74) is 1.30. The van der Waals surface area contributed by atoms with Crippen LogP contribution in [-0.4, -0.2) is 29.9 Å². The maximum atomic E-state index is 12.6. The van der Waals surface area contributed by atoms with Crippen molar-refractivity contribution in [3.63, 3.8) is 0 Å². The normalized spacial score (nSPS) is 17.5. The molecule has 1 fully saturated rings. The number of carbonyl (C=O) groups is 2. The molecule has 1 atom stereocenters. The number of hydrogen-bond donors (Lipinski definition) is 2. The molecule has 3 rings (SSSR count). The van der Waals surface area contributed by atoms with E-state index < -0.39 is 6.04 Å². The van der Waals surface area contributed by atoms with E-state index in [1.165, 1.54) is 4.90 Å². The molecule has 0 radical (unpaired) electrons. The third-order valence-corrected chi connectivity index (χ3v) is 4.04. The summed E-state index contributed by atoms with van der Waals surface area (Å²) in [5, 5.41) is 6.07. The smallest absolute Gasteiger partial charge is 0.322 e. The number of piperazine rings is 1. The maximum Gasteiger partial charge on any atom is 0.322 e. The van der Waals surface area contributed by atoms with Crippen LogP contribution in [0.2, 0.25) is 5.02 Å². The summed E-state index contributed by atoms with van der Waals surface area (Å²) in [4.78, 5) is 26.4. The Morgan fingerprint density at radius 2 is 1.83 bits per heavy atom. The highest BCUT2D eigenvalue weighted by molar-refractivity contribution is 6.31. The summed E-state index contributed by atoms with van der Waals surface area (Å²) in [5.74, 6) is -0.229. The molecule has 1 aliphatic rings. The van der Waals surface area contributed by atoms with Crippen molar-refractivity contribution in [2.45, 2.75) is 6.04 Å². The van der Waals surface area contributed by atoms with Gasteiger partial charge in [0.15, 0.2) is 0 Å². The number of para-hydroxylation sites is 1. The molecule has 1 unspecified atom stereocenters. The third-order valence-electron chi connectivity index (χ3n) is 3.70. The summed E-state index contributed by atoms with van der Waals surface area (Å²) in [7, 11) is 0. The van der Waals surface area contributed by atoms with Crippen molar-refractivity contribution in [2.75, 3.05) is 18.4 Å². The van der Waals surface area contributed by atoms with E-state index >= 15 is 0 Å². The van der Waals surface area contributed by atoms with Crippen molar-refractivity contribution < 1.29 is 9.59 Å². The Labute approximate surface area is 139 Å². The molecule has 3 amide bonds. The number of nitrogens with zero attached hydrogens (tertiary/aromatic N) is 1. The van der Waals surface area contributed by atoms with E-state index in [1.807, 2.05) is 18.2 Å². The van der Waals surface area contributed by atoms with Crippen LogP contribution in [0, 0.1) is 0 Å². The average Bonchev–Trinajstić information content (AvgIpc) is 2.56. The van der Waals surface area contributed by atoms with Gasteiger partial charge in [-0.2, -0.15) is 0 Å². The molecule has 0 bridgehead atoms. The number of anilines is 1. The van der Waals surface area contributed by atoms with Gasteiger partial charge in [-0.25, -0.2) is 4.79 Å². The number of nitrogens with one attached hydrogen (secondary N) is 2. The first-order valence-electron chi connectivity index (χ1n) is 7.31. The topological polar surface area (TPSA) is 61.4 Å². The zero-order valence-electron chi connectivity index (χ0n) is 12.3. The number of halogens is 1. The Morgan fingerprint density at radius 3 is 2.57 bits per heavy atom. The minimum absolute atomic E-state index is 0.229. The summed E-state index contributed by atoms with van der Waals surface area (Å²) in [6.45, 7) is 0.836. The Hall–Kier alpha value is -2.53. The molecule has 118 valence electrons. The fourth-order valence-corrected chi connectivity index (χ4v) is 2.85. The van der Waals surface area contributed by atoms with Crippen molar-refractivity contribution in [1.29, 1.82) is 0 Å². The van der Waals surface area contributed by atoms with Crippen LogP contribution in [0.25, 0.3) is 0 Å². The zero-order valence-corrected chi connectivity index (χ0v) is 13.1. The van der Waals surface area contributed by atoms with Gasteiger partial charge in [-0.05, 0) is 18.2 Å². The van der Waals surface area contributed by atoms with E-state index in [-0.39, 0.29) is 11.9 Å². The number of carbonyl (C=O) groups excluding carboxylic acids is 2. The molecule has 2 N–H and O–H groups in total.